The third-order valence-corrected chi connectivity index (χ3v) is 5.21. The number of carbonyl (C=O) groups is 2. The highest BCUT2D eigenvalue weighted by Gasteiger charge is 2.61. The van der Waals surface area contributed by atoms with Crippen LogP contribution in [0.1, 0.15) is 25.5 Å². The van der Waals surface area contributed by atoms with Gasteiger partial charge in [0.1, 0.15) is 11.1 Å². The number of aliphatic hydroxyl groups is 1. The lowest BCUT2D eigenvalue weighted by molar-refractivity contribution is -0.163. The number of hydrogen-bond donors (Lipinski definition) is 1. The Hall–Kier alpha value is -2.12. The van der Waals surface area contributed by atoms with E-state index in [4.69, 9.17) is 9.47 Å². The number of rotatable bonds is 4. The smallest absolute Gasteiger partial charge is 0.337 e. The predicted octanol–water partition coefficient (Wildman–Crippen LogP) is 2.24. The van der Waals surface area contributed by atoms with Crippen molar-refractivity contribution in [3.8, 4) is 0 Å². The van der Waals surface area contributed by atoms with Crippen molar-refractivity contribution in [1.29, 1.82) is 0 Å². The summed E-state index contributed by atoms with van der Waals surface area (Å²) < 4.78 is 8.22. The fourth-order valence-electron chi connectivity index (χ4n) is 2.69. The summed E-state index contributed by atoms with van der Waals surface area (Å²) in [5.41, 5.74) is 1.15. The number of nitrogens with zero attached hydrogens (tertiary/aromatic N) is 1. The van der Waals surface area contributed by atoms with Gasteiger partial charge in [-0.05, 0) is 26.0 Å². The lowest BCUT2D eigenvalue weighted by atomic mass is 9.95. The maximum Gasteiger partial charge on any atom is 0.337 e. The molecule has 126 valence electrons. The van der Waals surface area contributed by atoms with Gasteiger partial charge in [-0.25, -0.2) is 14.6 Å². The van der Waals surface area contributed by atoms with Crippen LogP contribution in [0.25, 0.3) is 10.9 Å². The summed E-state index contributed by atoms with van der Waals surface area (Å²) in [5.74, 6) is -1.63. The number of ether oxygens (including phenoxy) is 2. The average molecular weight is 347 g/mol. The van der Waals surface area contributed by atoms with Gasteiger partial charge in [0.2, 0.25) is 4.75 Å². The number of carbonyl (C=O) groups excluding carboxylic acids is 2. The number of esters is 2. The minimum atomic E-state index is -1.88. The molecule has 0 spiro atoms. The minimum absolute atomic E-state index is 0.0962. The van der Waals surface area contributed by atoms with Crippen molar-refractivity contribution in [2.75, 3.05) is 13.2 Å². The molecule has 1 aliphatic heterocycles. The first-order chi connectivity index (χ1) is 11.5. The molecule has 1 atom stereocenters. The summed E-state index contributed by atoms with van der Waals surface area (Å²) in [5, 5.41) is 12.0. The largest absolute Gasteiger partial charge is 0.464 e. The van der Waals surface area contributed by atoms with Crippen molar-refractivity contribution in [2.45, 2.75) is 29.7 Å². The van der Waals surface area contributed by atoms with E-state index in [1.165, 1.54) is 0 Å². The quantitative estimate of drug-likeness (QED) is 0.670. The predicted molar refractivity (Wildman–Crippen MR) is 88.6 cm³/mol. The SMILES string of the molecule is CCOC(=O)C1(C(=O)OCC)Sc2nc3ccccc3cc2C1O. The highest BCUT2D eigenvalue weighted by molar-refractivity contribution is 8.02. The second-order valence-corrected chi connectivity index (χ2v) is 6.49. The van der Waals surface area contributed by atoms with Crippen molar-refractivity contribution in [3.05, 3.63) is 35.9 Å². The van der Waals surface area contributed by atoms with Crippen molar-refractivity contribution in [3.63, 3.8) is 0 Å². The van der Waals surface area contributed by atoms with Gasteiger partial charge < -0.3 is 14.6 Å². The Bertz CT molecular complexity index is 789. The summed E-state index contributed by atoms with van der Waals surface area (Å²) in [7, 11) is 0. The van der Waals surface area contributed by atoms with Gasteiger partial charge in [-0.1, -0.05) is 30.0 Å². The van der Waals surface area contributed by atoms with Gasteiger partial charge in [0.05, 0.1) is 18.7 Å². The monoisotopic (exact) mass is 347 g/mol. The van der Waals surface area contributed by atoms with Crippen LogP contribution in [0, 0.1) is 0 Å². The van der Waals surface area contributed by atoms with Gasteiger partial charge in [-0.15, -0.1) is 0 Å². The van der Waals surface area contributed by atoms with E-state index in [9.17, 15) is 14.7 Å². The Morgan fingerprint density at radius 3 is 2.46 bits per heavy atom. The number of aliphatic hydroxyl groups excluding tert-OH is 1. The first-order valence-electron chi connectivity index (χ1n) is 7.65. The molecule has 24 heavy (non-hydrogen) atoms. The molecule has 1 aliphatic rings. The molecule has 2 heterocycles. The van der Waals surface area contributed by atoms with Crippen LogP contribution < -0.4 is 0 Å². The maximum atomic E-state index is 12.5. The molecule has 3 rings (SSSR count). The first kappa shape index (κ1) is 16.7. The third-order valence-electron chi connectivity index (χ3n) is 3.81. The molecule has 0 radical (unpaired) electrons. The van der Waals surface area contributed by atoms with E-state index in [0.29, 0.717) is 10.6 Å². The molecule has 0 saturated heterocycles. The Morgan fingerprint density at radius 1 is 1.21 bits per heavy atom. The fourth-order valence-corrected chi connectivity index (χ4v) is 3.95. The van der Waals surface area contributed by atoms with E-state index >= 15 is 0 Å². The van der Waals surface area contributed by atoms with Gasteiger partial charge >= 0.3 is 11.9 Å². The zero-order valence-electron chi connectivity index (χ0n) is 13.3. The fraction of sp³-hybridized carbons (Fsp3) is 0.353. The molecule has 1 N–H and O–H groups in total. The summed E-state index contributed by atoms with van der Waals surface area (Å²) >= 11 is 0.892. The molecular weight excluding hydrogens is 330 g/mol. The number of aromatic nitrogens is 1. The molecule has 0 bridgehead atoms. The summed E-state index contributed by atoms with van der Waals surface area (Å²) in [6.07, 6.45) is -1.38. The van der Waals surface area contributed by atoms with Crippen LogP contribution in [0.2, 0.25) is 0 Å². The molecule has 7 heteroatoms. The van der Waals surface area contributed by atoms with Gasteiger partial charge in [-0.3, -0.25) is 0 Å². The Labute approximate surface area is 143 Å². The molecule has 0 fully saturated rings. The highest BCUT2D eigenvalue weighted by Crippen LogP contribution is 2.53. The van der Waals surface area contributed by atoms with Crippen molar-refractivity contribution < 1.29 is 24.2 Å². The maximum absolute atomic E-state index is 12.5. The van der Waals surface area contributed by atoms with Crippen molar-refractivity contribution in [1.82, 2.24) is 4.98 Å². The van der Waals surface area contributed by atoms with Crippen LogP contribution in [0.4, 0.5) is 0 Å². The molecular formula is C17H17NO5S. The summed E-state index contributed by atoms with van der Waals surface area (Å²) in [6, 6.07) is 9.14. The van der Waals surface area contributed by atoms with E-state index in [0.717, 1.165) is 22.7 Å². The molecule has 2 aromatic rings. The van der Waals surface area contributed by atoms with Gasteiger partial charge in [0.15, 0.2) is 0 Å². The number of benzene rings is 1. The van der Waals surface area contributed by atoms with E-state index in [2.05, 4.69) is 4.98 Å². The van der Waals surface area contributed by atoms with Crippen LogP contribution >= 0.6 is 11.8 Å². The molecule has 1 unspecified atom stereocenters. The zero-order chi connectivity index (χ0) is 17.3. The molecule has 0 aliphatic carbocycles. The van der Waals surface area contributed by atoms with Crippen LogP contribution in [0.5, 0.6) is 0 Å². The summed E-state index contributed by atoms with van der Waals surface area (Å²) in [6.45, 7) is 3.48. The number of para-hydroxylation sites is 1. The summed E-state index contributed by atoms with van der Waals surface area (Å²) in [4.78, 5) is 29.5. The van der Waals surface area contributed by atoms with E-state index in [1.54, 1.807) is 19.9 Å². The number of fused-ring (bicyclic) bond motifs is 2. The van der Waals surface area contributed by atoms with Gasteiger partial charge in [0, 0.05) is 10.9 Å². The zero-order valence-corrected chi connectivity index (χ0v) is 14.1. The third kappa shape index (κ3) is 2.44. The Morgan fingerprint density at radius 2 is 1.83 bits per heavy atom. The second-order valence-electron chi connectivity index (χ2n) is 5.26. The standard InChI is InChI=1S/C17H17NO5S/c1-3-22-15(20)17(16(21)23-4-2)13(19)11-9-10-7-5-6-8-12(10)18-14(11)24-17/h5-9,13,19H,3-4H2,1-2H3. The molecule has 6 nitrogen and oxygen atoms in total. The lowest BCUT2D eigenvalue weighted by Gasteiger charge is -2.26. The molecule has 1 aromatic carbocycles. The van der Waals surface area contributed by atoms with Gasteiger partial charge in [0.25, 0.3) is 0 Å². The van der Waals surface area contributed by atoms with Gasteiger partial charge in [-0.2, -0.15) is 0 Å². The topological polar surface area (TPSA) is 85.7 Å². The van der Waals surface area contributed by atoms with Crippen LogP contribution in [-0.4, -0.2) is 40.0 Å². The average Bonchev–Trinajstić information content (AvgIpc) is 2.87. The van der Waals surface area contributed by atoms with Crippen LogP contribution in [0.15, 0.2) is 35.4 Å². The number of thioether (sulfide) groups is 1. The van der Waals surface area contributed by atoms with Crippen molar-refractivity contribution in [2.24, 2.45) is 0 Å². The highest BCUT2D eigenvalue weighted by atomic mass is 32.2. The first-order valence-corrected chi connectivity index (χ1v) is 8.47. The number of pyridine rings is 1. The normalized spacial score (nSPS) is 18.2. The minimum Gasteiger partial charge on any atom is -0.464 e. The van der Waals surface area contributed by atoms with Crippen LogP contribution in [-0.2, 0) is 19.1 Å². The van der Waals surface area contributed by atoms with E-state index < -0.39 is 22.8 Å². The van der Waals surface area contributed by atoms with Crippen molar-refractivity contribution >= 4 is 34.6 Å². The Balaban J connectivity index is 2.12. The number of hydrogen-bond acceptors (Lipinski definition) is 7. The second kappa shape index (κ2) is 6.41. The molecule has 1 aromatic heterocycles. The molecule has 0 amide bonds. The molecule has 0 saturated carbocycles. The lowest BCUT2D eigenvalue weighted by Crippen LogP contribution is -2.48. The van der Waals surface area contributed by atoms with Crippen LogP contribution in [0.3, 0.4) is 0 Å². The van der Waals surface area contributed by atoms with E-state index in [-0.39, 0.29) is 13.2 Å². The van der Waals surface area contributed by atoms with E-state index in [1.807, 2.05) is 24.3 Å². The Kier molecular flexibility index (Phi) is 4.47.